The average Bonchev–Trinajstić information content (AvgIpc) is 2.50. The van der Waals surface area contributed by atoms with Crippen LogP contribution in [0.15, 0.2) is 36.4 Å². The molecular formula is C18H21ClN3O3+. The highest BCUT2D eigenvalue weighted by molar-refractivity contribution is 6.30. The second-order valence-corrected chi connectivity index (χ2v) is 6.64. The van der Waals surface area contributed by atoms with Crippen LogP contribution in [0.25, 0.3) is 0 Å². The Morgan fingerprint density at radius 3 is 2.56 bits per heavy atom. The molecule has 7 heteroatoms. The van der Waals surface area contributed by atoms with Gasteiger partial charge in [0.05, 0.1) is 12.0 Å². The number of carbonyl (C=O) groups is 1. The Morgan fingerprint density at radius 1 is 1.24 bits per heavy atom. The number of nitro benzene ring substituents is 1. The number of aryl methyl sites for hydroxylation is 2. The fraction of sp³-hybridized carbons (Fsp3) is 0.278. The third kappa shape index (κ3) is 5.27. The number of benzene rings is 2. The van der Waals surface area contributed by atoms with Crippen LogP contribution in [0.3, 0.4) is 0 Å². The lowest BCUT2D eigenvalue weighted by Crippen LogP contribution is -3.08. The molecule has 0 saturated heterocycles. The summed E-state index contributed by atoms with van der Waals surface area (Å²) >= 11 is 5.96. The van der Waals surface area contributed by atoms with E-state index < -0.39 is 4.92 Å². The van der Waals surface area contributed by atoms with Crippen LogP contribution in [0, 0.1) is 24.0 Å². The first kappa shape index (κ1) is 18.9. The first-order chi connectivity index (χ1) is 11.8. The lowest BCUT2D eigenvalue weighted by atomic mass is 10.1. The molecule has 0 saturated carbocycles. The fourth-order valence-electron chi connectivity index (χ4n) is 2.58. The van der Waals surface area contributed by atoms with E-state index in [1.54, 1.807) is 19.1 Å². The van der Waals surface area contributed by atoms with Crippen LogP contribution in [0.2, 0.25) is 5.02 Å². The van der Waals surface area contributed by atoms with Crippen LogP contribution in [0.4, 0.5) is 11.4 Å². The standard InChI is InChI=1S/C18H20ClN3O3/c1-12-7-16(17(22(24)25)8-13(12)2)20-18(23)11-21(3)10-14-5-4-6-15(19)9-14/h4-9H,10-11H2,1-3H3,(H,20,23)/p+1. The molecule has 2 rings (SSSR count). The van der Waals surface area contributed by atoms with Crippen molar-refractivity contribution in [3.8, 4) is 0 Å². The number of nitrogens with one attached hydrogen (secondary N) is 2. The third-order valence-electron chi connectivity index (χ3n) is 3.94. The van der Waals surface area contributed by atoms with E-state index in [1.807, 2.05) is 32.2 Å². The molecule has 2 aromatic rings. The number of hydrogen-bond acceptors (Lipinski definition) is 3. The van der Waals surface area contributed by atoms with E-state index in [9.17, 15) is 14.9 Å². The summed E-state index contributed by atoms with van der Waals surface area (Å²) in [6.45, 7) is 4.47. The molecule has 0 aliphatic rings. The molecule has 0 aliphatic carbocycles. The molecule has 6 nitrogen and oxygen atoms in total. The number of amides is 1. The minimum absolute atomic E-state index is 0.0936. The van der Waals surface area contributed by atoms with Crippen molar-refractivity contribution in [3.63, 3.8) is 0 Å². The number of quaternary nitrogens is 1. The van der Waals surface area contributed by atoms with Gasteiger partial charge in [-0.3, -0.25) is 14.9 Å². The van der Waals surface area contributed by atoms with E-state index in [4.69, 9.17) is 11.6 Å². The first-order valence-electron chi connectivity index (χ1n) is 7.87. The molecule has 1 unspecified atom stereocenters. The highest BCUT2D eigenvalue weighted by atomic mass is 35.5. The number of carbonyl (C=O) groups excluding carboxylic acids is 1. The maximum Gasteiger partial charge on any atom is 0.293 e. The highest BCUT2D eigenvalue weighted by Crippen LogP contribution is 2.27. The summed E-state index contributed by atoms with van der Waals surface area (Å²) in [7, 11) is 1.88. The van der Waals surface area contributed by atoms with Crippen molar-refractivity contribution < 1.29 is 14.6 Å². The highest BCUT2D eigenvalue weighted by Gasteiger charge is 2.19. The molecule has 0 heterocycles. The largest absolute Gasteiger partial charge is 0.326 e. The zero-order valence-corrected chi connectivity index (χ0v) is 15.2. The van der Waals surface area contributed by atoms with E-state index in [1.165, 1.54) is 6.07 Å². The molecule has 0 spiro atoms. The van der Waals surface area contributed by atoms with Crippen molar-refractivity contribution >= 4 is 28.9 Å². The summed E-state index contributed by atoms with van der Waals surface area (Å²) < 4.78 is 0. The summed E-state index contributed by atoms with van der Waals surface area (Å²) in [6, 6.07) is 10.6. The van der Waals surface area contributed by atoms with Gasteiger partial charge in [-0.2, -0.15) is 0 Å². The molecule has 0 bridgehead atoms. The Bertz CT molecular complexity index is 808. The molecule has 1 amide bonds. The van der Waals surface area contributed by atoms with Crippen LogP contribution in [0.1, 0.15) is 16.7 Å². The number of anilines is 1. The van der Waals surface area contributed by atoms with Gasteiger partial charge < -0.3 is 10.2 Å². The third-order valence-corrected chi connectivity index (χ3v) is 4.18. The van der Waals surface area contributed by atoms with E-state index >= 15 is 0 Å². The van der Waals surface area contributed by atoms with E-state index in [-0.39, 0.29) is 23.8 Å². The van der Waals surface area contributed by atoms with Gasteiger partial charge in [0.1, 0.15) is 12.2 Å². The number of nitrogens with zero attached hydrogens (tertiary/aromatic N) is 1. The number of likely N-dealkylation sites (N-methyl/N-ethyl adjacent to an activating group) is 1. The summed E-state index contributed by atoms with van der Waals surface area (Å²) in [5, 5.41) is 14.5. The molecule has 132 valence electrons. The van der Waals surface area contributed by atoms with Crippen LogP contribution in [0.5, 0.6) is 0 Å². The van der Waals surface area contributed by atoms with Crippen LogP contribution >= 0.6 is 11.6 Å². The maximum absolute atomic E-state index is 12.3. The number of hydrogen-bond donors (Lipinski definition) is 2. The number of rotatable bonds is 6. The van der Waals surface area contributed by atoms with Gasteiger partial charge in [0.2, 0.25) is 0 Å². The lowest BCUT2D eigenvalue weighted by molar-refractivity contribution is -0.885. The van der Waals surface area contributed by atoms with Crippen molar-refractivity contribution in [3.05, 3.63) is 68.2 Å². The second kappa shape index (κ2) is 8.09. The molecule has 0 aliphatic heterocycles. The normalized spacial score (nSPS) is 11.8. The Labute approximate surface area is 151 Å². The Kier molecular flexibility index (Phi) is 6.12. The average molecular weight is 363 g/mol. The van der Waals surface area contributed by atoms with Gasteiger partial charge in [-0.15, -0.1) is 0 Å². The molecule has 25 heavy (non-hydrogen) atoms. The molecule has 1 atom stereocenters. The zero-order valence-electron chi connectivity index (χ0n) is 14.4. The van der Waals surface area contributed by atoms with Crippen molar-refractivity contribution in [2.24, 2.45) is 0 Å². The smallest absolute Gasteiger partial charge is 0.293 e. The van der Waals surface area contributed by atoms with Crippen molar-refractivity contribution in [2.75, 3.05) is 18.9 Å². The number of nitro groups is 1. The van der Waals surface area contributed by atoms with Gasteiger partial charge >= 0.3 is 0 Å². The minimum atomic E-state index is -0.482. The van der Waals surface area contributed by atoms with Gasteiger partial charge in [0.25, 0.3) is 11.6 Å². The van der Waals surface area contributed by atoms with Crippen molar-refractivity contribution in [2.45, 2.75) is 20.4 Å². The predicted molar refractivity (Wildman–Crippen MR) is 98.1 cm³/mol. The summed E-state index contributed by atoms with van der Waals surface area (Å²) in [6.07, 6.45) is 0. The van der Waals surface area contributed by atoms with Gasteiger partial charge in [0.15, 0.2) is 6.54 Å². The quantitative estimate of drug-likeness (QED) is 0.612. The van der Waals surface area contributed by atoms with E-state index in [0.717, 1.165) is 21.6 Å². The topological polar surface area (TPSA) is 76.7 Å². The van der Waals surface area contributed by atoms with Gasteiger partial charge in [-0.05, 0) is 43.2 Å². The SMILES string of the molecule is Cc1cc(NC(=O)C[NH+](C)Cc2cccc(Cl)c2)c([N+](=O)[O-])cc1C. The van der Waals surface area contributed by atoms with Gasteiger partial charge in [0, 0.05) is 16.7 Å². The van der Waals surface area contributed by atoms with E-state index in [0.29, 0.717) is 11.6 Å². The molecular weight excluding hydrogens is 342 g/mol. The summed E-state index contributed by atoms with van der Waals surface area (Å²) in [5.74, 6) is -0.272. The van der Waals surface area contributed by atoms with Crippen LogP contribution in [-0.2, 0) is 11.3 Å². The molecule has 2 N–H and O–H groups in total. The number of halogens is 1. The molecule has 0 radical (unpaired) electrons. The van der Waals surface area contributed by atoms with Crippen LogP contribution in [-0.4, -0.2) is 24.4 Å². The Hall–Kier alpha value is -2.44. The summed E-state index contributed by atoms with van der Waals surface area (Å²) in [4.78, 5) is 23.9. The minimum Gasteiger partial charge on any atom is -0.326 e. The zero-order chi connectivity index (χ0) is 18.6. The monoisotopic (exact) mass is 362 g/mol. The molecule has 2 aromatic carbocycles. The molecule has 0 fully saturated rings. The van der Waals surface area contributed by atoms with E-state index in [2.05, 4.69) is 5.32 Å². The predicted octanol–water partition coefficient (Wildman–Crippen LogP) is 2.52. The second-order valence-electron chi connectivity index (χ2n) is 6.20. The molecule has 0 aromatic heterocycles. The van der Waals surface area contributed by atoms with Crippen LogP contribution < -0.4 is 10.2 Å². The fourth-order valence-corrected chi connectivity index (χ4v) is 2.79. The van der Waals surface area contributed by atoms with Gasteiger partial charge in [-0.25, -0.2) is 0 Å². The maximum atomic E-state index is 12.3. The van der Waals surface area contributed by atoms with Crippen molar-refractivity contribution in [1.82, 2.24) is 0 Å². The lowest BCUT2D eigenvalue weighted by Gasteiger charge is -2.14. The Morgan fingerprint density at radius 2 is 1.92 bits per heavy atom. The van der Waals surface area contributed by atoms with Crippen molar-refractivity contribution in [1.29, 1.82) is 0 Å². The van der Waals surface area contributed by atoms with Gasteiger partial charge in [-0.1, -0.05) is 23.7 Å². The first-order valence-corrected chi connectivity index (χ1v) is 8.25. The summed E-state index contributed by atoms with van der Waals surface area (Å²) in [5.41, 5.74) is 2.86. The Balaban J connectivity index is 2.05.